The van der Waals surface area contributed by atoms with E-state index in [1.165, 1.54) is 59.8 Å². The number of phenolic OH excluding ortho intramolecular Hbond substituents is 2. The molecule has 0 fully saturated rings. The molecule has 318 valence electrons. The largest absolute Gasteiger partial charge is 0.504 e. The molecule has 0 aliphatic carbocycles. The van der Waals surface area contributed by atoms with E-state index in [4.69, 9.17) is 37.3 Å². The predicted molar refractivity (Wildman–Crippen MR) is 229 cm³/mol. The summed E-state index contributed by atoms with van der Waals surface area (Å²) in [4.78, 5) is 55.2. The second kappa shape index (κ2) is 17.4. The van der Waals surface area contributed by atoms with Gasteiger partial charge in [0.15, 0.2) is 34.5 Å². The number of ketones is 2. The predicted octanol–water partition coefficient (Wildman–Crippen LogP) is 6.65. The number of carbonyl (C=O) groups excluding carboxylic acids is 3. The summed E-state index contributed by atoms with van der Waals surface area (Å²) in [7, 11) is 4.25. The van der Waals surface area contributed by atoms with Crippen LogP contribution in [0.15, 0.2) is 94.1 Å². The standard InChI is InChI=1S/C46H46O14Si/c1-46(2,3)61(26-16-12-10-13-17-26,27-18-14-11-15-19-27)60-33(29-20-25-21-35(44(51)58-9)59-45(52)36(25)42(56-7)39(29)49)23-31(47)38(48)30-22-28-32(53-4)24-34(54-5)41(55-6)37(28)43(57-8)40(30)50/h10-22,24,33,49-50H,23H2,1-9H3. The van der Waals surface area contributed by atoms with Gasteiger partial charge in [0.1, 0.15) is 11.1 Å². The molecule has 0 aliphatic heterocycles. The van der Waals surface area contributed by atoms with Crippen molar-refractivity contribution < 1.29 is 61.9 Å². The van der Waals surface area contributed by atoms with Crippen LogP contribution < -0.4 is 39.7 Å². The highest BCUT2D eigenvalue weighted by Gasteiger charge is 2.52. The SMILES string of the molecule is COC(=O)c1cc2cc(C(CC(=O)C(=O)c3cc4c(OC)cc(OC)c(OC)c4c(OC)c3O)O[Si](c3ccccc3)(c3ccccc3)C(C)(C)C)c(O)c(OC)c2c(=O)o1. The molecule has 0 bridgehead atoms. The van der Waals surface area contributed by atoms with Gasteiger partial charge in [-0.3, -0.25) is 9.59 Å². The maximum absolute atomic E-state index is 14.7. The van der Waals surface area contributed by atoms with Crippen LogP contribution >= 0.6 is 0 Å². The lowest BCUT2D eigenvalue weighted by molar-refractivity contribution is -0.116. The first-order valence-corrected chi connectivity index (χ1v) is 20.9. The van der Waals surface area contributed by atoms with Crippen molar-refractivity contribution >= 4 is 57.8 Å². The maximum atomic E-state index is 14.7. The van der Waals surface area contributed by atoms with E-state index in [1.807, 2.05) is 81.4 Å². The minimum Gasteiger partial charge on any atom is -0.504 e. The first-order valence-electron chi connectivity index (χ1n) is 19.0. The molecule has 2 N–H and O–H groups in total. The number of aromatic hydroxyl groups is 2. The Morgan fingerprint density at radius 1 is 0.689 bits per heavy atom. The number of carbonyl (C=O) groups is 3. The Balaban J connectivity index is 1.63. The fourth-order valence-electron chi connectivity index (χ4n) is 7.86. The zero-order chi connectivity index (χ0) is 44.4. The Kier molecular flexibility index (Phi) is 12.5. The molecule has 5 aromatic carbocycles. The molecule has 15 heteroatoms. The number of Topliss-reactive ketones (excluding diaryl/α,β-unsaturated/α-hetero) is 2. The van der Waals surface area contributed by atoms with Gasteiger partial charge >= 0.3 is 11.6 Å². The zero-order valence-corrected chi connectivity index (χ0v) is 36.2. The van der Waals surface area contributed by atoms with E-state index in [-0.39, 0.29) is 55.9 Å². The van der Waals surface area contributed by atoms with Gasteiger partial charge in [-0.15, -0.1) is 0 Å². The van der Waals surface area contributed by atoms with Gasteiger partial charge in [0, 0.05) is 23.4 Å². The van der Waals surface area contributed by atoms with Crippen LogP contribution in [0, 0.1) is 0 Å². The second-order valence-electron chi connectivity index (χ2n) is 15.0. The summed E-state index contributed by atoms with van der Waals surface area (Å²) in [6.07, 6.45) is -2.13. The third-order valence-corrected chi connectivity index (χ3v) is 15.7. The highest BCUT2D eigenvalue weighted by molar-refractivity contribution is 6.99. The number of phenols is 2. The fraction of sp³-hybridized carbons (Fsp3) is 0.261. The van der Waals surface area contributed by atoms with Crippen LogP contribution in [0.3, 0.4) is 0 Å². The zero-order valence-electron chi connectivity index (χ0n) is 35.2. The summed E-state index contributed by atoms with van der Waals surface area (Å²) in [6.45, 7) is 6.02. The second-order valence-corrected chi connectivity index (χ2v) is 19.2. The van der Waals surface area contributed by atoms with Gasteiger partial charge in [-0.25, -0.2) is 9.59 Å². The molecule has 0 saturated heterocycles. The molecule has 14 nitrogen and oxygen atoms in total. The Morgan fingerprint density at radius 2 is 1.25 bits per heavy atom. The molecule has 6 rings (SSSR count). The molecule has 1 aromatic heterocycles. The third-order valence-electron chi connectivity index (χ3n) is 10.6. The lowest BCUT2D eigenvalue weighted by atomic mass is 9.94. The Morgan fingerprint density at radius 3 is 1.75 bits per heavy atom. The molecule has 1 atom stereocenters. The highest BCUT2D eigenvalue weighted by Crippen LogP contribution is 2.51. The number of esters is 1. The van der Waals surface area contributed by atoms with Crippen molar-refractivity contribution in [3.63, 3.8) is 0 Å². The number of hydrogen-bond donors (Lipinski definition) is 2. The van der Waals surface area contributed by atoms with Gasteiger partial charge in [0.25, 0.3) is 8.32 Å². The minimum absolute atomic E-state index is 0.0429. The molecule has 0 radical (unpaired) electrons. The molecule has 0 amide bonds. The molecular weight excluding hydrogens is 805 g/mol. The van der Waals surface area contributed by atoms with Gasteiger partial charge in [-0.2, -0.15) is 0 Å². The van der Waals surface area contributed by atoms with Crippen LogP contribution in [0.1, 0.15) is 59.8 Å². The van der Waals surface area contributed by atoms with Gasteiger partial charge in [0.2, 0.25) is 17.3 Å². The van der Waals surface area contributed by atoms with Gasteiger partial charge in [0.05, 0.1) is 59.7 Å². The monoisotopic (exact) mass is 850 g/mol. The van der Waals surface area contributed by atoms with Crippen molar-refractivity contribution in [3.05, 3.63) is 112 Å². The fourth-order valence-corrected chi connectivity index (χ4v) is 12.5. The van der Waals surface area contributed by atoms with E-state index in [0.29, 0.717) is 0 Å². The summed E-state index contributed by atoms with van der Waals surface area (Å²) in [5.41, 5.74) is -1.46. The van der Waals surface area contributed by atoms with Crippen LogP contribution in [-0.4, -0.2) is 78.7 Å². The van der Waals surface area contributed by atoms with Crippen LogP contribution in [-0.2, 0) is 14.0 Å². The first kappa shape index (κ1) is 43.7. The number of rotatable bonds is 15. The summed E-state index contributed by atoms with van der Waals surface area (Å²) in [5, 5.41) is 25.0. The van der Waals surface area contributed by atoms with Crippen molar-refractivity contribution in [1.82, 2.24) is 0 Å². The average Bonchev–Trinajstić information content (AvgIpc) is 3.26. The molecule has 1 heterocycles. The molecular formula is C46H46O14Si. The number of fused-ring (bicyclic) bond motifs is 2. The van der Waals surface area contributed by atoms with E-state index in [0.717, 1.165) is 17.5 Å². The van der Waals surface area contributed by atoms with Crippen LogP contribution in [0.5, 0.6) is 40.2 Å². The molecule has 6 aromatic rings. The topological polar surface area (TPSA) is 186 Å². The lowest BCUT2D eigenvalue weighted by Gasteiger charge is -2.45. The van der Waals surface area contributed by atoms with E-state index in [2.05, 4.69) is 0 Å². The normalized spacial score (nSPS) is 12.1. The van der Waals surface area contributed by atoms with E-state index in [9.17, 15) is 29.4 Å². The molecule has 0 aliphatic rings. The van der Waals surface area contributed by atoms with Crippen LogP contribution in [0.2, 0.25) is 5.04 Å². The Labute approximate surface area is 352 Å². The van der Waals surface area contributed by atoms with E-state index >= 15 is 0 Å². The summed E-state index contributed by atoms with van der Waals surface area (Å²) >= 11 is 0. The highest BCUT2D eigenvalue weighted by atomic mass is 28.4. The molecule has 0 saturated carbocycles. The first-order chi connectivity index (χ1) is 29.1. The van der Waals surface area contributed by atoms with Crippen molar-refractivity contribution in [2.75, 3.05) is 42.7 Å². The van der Waals surface area contributed by atoms with Gasteiger partial charge < -0.3 is 47.5 Å². The van der Waals surface area contributed by atoms with Gasteiger partial charge in [-0.05, 0) is 39.0 Å². The quantitative estimate of drug-likeness (QED) is 0.0484. The van der Waals surface area contributed by atoms with Crippen LogP contribution in [0.4, 0.5) is 0 Å². The molecule has 61 heavy (non-hydrogen) atoms. The van der Waals surface area contributed by atoms with Gasteiger partial charge in [-0.1, -0.05) is 81.4 Å². The summed E-state index contributed by atoms with van der Waals surface area (Å²) in [6, 6.07) is 24.4. The average molecular weight is 851 g/mol. The smallest absolute Gasteiger partial charge is 0.374 e. The number of benzene rings is 5. The van der Waals surface area contributed by atoms with E-state index in [1.54, 1.807) is 0 Å². The van der Waals surface area contributed by atoms with Crippen molar-refractivity contribution in [1.29, 1.82) is 0 Å². The van der Waals surface area contributed by atoms with E-state index < -0.39 is 71.9 Å². The van der Waals surface area contributed by atoms with Crippen molar-refractivity contribution in [2.45, 2.75) is 38.3 Å². The van der Waals surface area contributed by atoms with Crippen molar-refractivity contribution in [2.24, 2.45) is 0 Å². The Hall–Kier alpha value is -6.84. The lowest BCUT2D eigenvalue weighted by Crippen LogP contribution is -2.67. The van der Waals surface area contributed by atoms with Crippen molar-refractivity contribution in [3.8, 4) is 40.2 Å². The Bertz CT molecular complexity index is 2660. The molecule has 0 spiro atoms. The molecule has 1 unspecified atom stereocenters. The maximum Gasteiger partial charge on any atom is 0.374 e. The van der Waals surface area contributed by atoms with Crippen LogP contribution in [0.25, 0.3) is 21.5 Å². The number of ether oxygens (including phenoxy) is 6. The summed E-state index contributed by atoms with van der Waals surface area (Å²) in [5.74, 6) is -4.57. The number of hydrogen-bond acceptors (Lipinski definition) is 14. The number of methoxy groups -OCH3 is 6. The third kappa shape index (κ3) is 7.62. The minimum atomic E-state index is -3.61. The summed E-state index contributed by atoms with van der Waals surface area (Å²) < 4.78 is 45.4.